The van der Waals surface area contributed by atoms with Gasteiger partial charge in [-0.3, -0.25) is 4.90 Å². The lowest BCUT2D eigenvalue weighted by molar-refractivity contribution is 0.215. The van der Waals surface area contributed by atoms with Crippen LogP contribution < -0.4 is 4.90 Å². The van der Waals surface area contributed by atoms with Crippen LogP contribution in [0.25, 0.3) is 0 Å². The third kappa shape index (κ3) is 3.04. The fourth-order valence-corrected chi connectivity index (χ4v) is 2.42. The lowest BCUT2D eigenvalue weighted by atomic mass is 10.2. The van der Waals surface area contributed by atoms with Gasteiger partial charge in [0.15, 0.2) is 0 Å². The molecule has 1 fully saturated rings. The number of nitrogens with zero attached hydrogens (tertiary/aromatic N) is 6. The van der Waals surface area contributed by atoms with Crippen molar-refractivity contribution >= 4 is 5.95 Å². The molecule has 0 radical (unpaired) electrons. The minimum absolute atomic E-state index is 0.00903. The van der Waals surface area contributed by atoms with Crippen LogP contribution in [-0.4, -0.2) is 47.1 Å². The normalized spacial score (nSPS) is 17.3. The summed E-state index contributed by atoms with van der Waals surface area (Å²) in [4.78, 5) is 12.9. The molecule has 0 aromatic carbocycles. The van der Waals surface area contributed by atoms with Crippen molar-refractivity contribution < 1.29 is 0 Å². The van der Waals surface area contributed by atoms with E-state index in [0.717, 1.165) is 38.3 Å². The molecule has 1 aliphatic rings. The molecule has 1 aliphatic heterocycles. The monoisotopic (exact) mass is 270 g/mol. The number of hydrogen-bond acceptors (Lipinski definition) is 6. The fraction of sp³-hybridized carbons (Fsp3) is 0.571. The predicted octanol–water partition coefficient (Wildman–Crippen LogP) is 1.08. The van der Waals surface area contributed by atoms with Gasteiger partial charge < -0.3 is 4.90 Å². The number of piperazine rings is 1. The van der Waals surface area contributed by atoms with Gasteiger partial charge in [0.25, 0.3) is 0 Å². The van der Waals surface area contributed by atoms with Crippen LogP contribution in [0.1, 0.15) is 24.7 Å². The maximum Gasteiger partial charge on any atom is 0.226 e. The Morgan fingerprint density at radius 3 is 2.50 bits per heavy atom. The Bertz CT molecular complexity index is 548. The van der Waals surface area contributed by atoms with Crippen LogP contribution in [-0.2, 0) is 0 Å². The zero-order chi connectivity index (χ0) is 14.5. The summed E-state index contributed by atoms with van der Waals surface area (Å²) in [6.07, 6.45) is 0.843. The SMILES string of the molecule is CCC(C#N)N1CCN(c2nc(C)cc(C#N)n2)CC1. The van der Waals surface area contributed by atoms with Crippen LogP contribution in [0, 0.1) is 29.6 Å². The second-order valence-corrected chi connectivity index (χ2v) is 4.88. The van der Waals surface area contributed by atoms with Crippen LogP contribution in [0.15, 0.2) is 6.07 Å². The first-order valence-corrected chi connectivity index (χ1v) is 6.82. The summed E-state index contributed by atoms with van der Waals surface area (Å²) in [5, 5.41) is 18.1. The maximum absolute atomic E-state index is 9.10. The van der Waals surface area contributed by atoms with E-state index in [1.54, 1.807) is 6.07 Å². The molecule has 0 saturated carbocycles. The van der Waals surface area contributed by atoms with Crippen molar-refractivity contribution in [2.45, 2.75) is 26.3 Å². The Kier molecular flexibility index (Phi) is 4.49. The van der Waals surface area contributed by atoms with Gasteiger partial charge in [0.05, 0.1) is 12.1 Å². The predicted molar refractivity (Wildman–Crippen MR) is 75.0 cm³/mol. The van der Waals surface area contributed by atoms with Gasteiger partial charge in [-0.1, -0.05) is 6.92 Å². The lowest BCUT2D eigenvalue weighted by Gasteiger charge is -2.36. The van der Waals surface area contributed by atoms with Crippen molar-refractivity contribution in [3.8, 4) is 12.1 Å². The highest BCUT2D eigenvalue weighted by Crippen LogP contribution is 2.15. The first-order chi connectivity index (χ1) is 9.67. The van der Waals surface area contributed by atoms with E-state index in [-0.39, 0.29) is 6.04 Å². The number of aryl methyl sites for hydroxylation is 1. The lowest BCUT2D eigenvalue weighted by Crippen LogP contribution is -2.50. The van der Waals surface area contributed by atoms with E-state index in [4.69, 9.17) is 10.5 Å². The molecule has 2 rings (SSSR count). The van der Waals surface area contributed by atoms with E-state index in [9.17, 15) is 0 Å². The average molecular weight is 270 g/mol. The molecule has 0 N–H and O–H groups in total. The average Bonchev–Trinajstić information content (AvgIpc) is 2.48. The van der Waals surface area contributed by atoms with Crippen molar-refractivity contribution in [2.24, 2.45) is 0 Å². The Labute approximate surface area is 119 Å². The molecule has 1 atom stereocenters. The van der Waals surface area contributed by atoms with Crippen molar-refractivity contribution in [3.05, 3.63) is 17.5 Å². The third-order valence-corrected chi connectivity index (χ3v) is 3.53. The van der Waals surface area contributed by atoms with Gasteiger partial charge in [-0.2, -0.15) is 10.5 Å². The maximum atomic E-state index is 9.10. The van der Waals surface area contributed by atoms with Crippen molar-refractivity contribution in [1.29, 1.82) is 10.5 Å². The Balaban J connectivity index is 2.06. The summed E-state index contributed by atoms with van der Waals surface area (Å²) in [7, 11) is 0. The van der Waals surface area contributed by atoms with Crippen molar-refractivity contribution in [3.63, 3.8) is 0 Å². The molecule has 0 spiro atoms. The first kappa shape index (κ1) is 14.2. The number of anilines is 1. The molecule has 1 unspecified atom stereocenters. The highest BCUT2D eigenvalue weighted by atomic mass is 15.3. The van der Waals surface area contributed by atoms with Crippen LogP contribution >= 0.6 is 0 Å². The molecule has 1 saturated heterocycles. The number of hydrogen-bond donors (Lipinski definition) is 0. The van der Waals surface area contributed by atoms with Gasteiger partial charge in [0.2, 0.25) is 5.95 Å². The van der Waals surface area contributed by atoms with E-state index in [1.165, 1.54) is 0 Å². The first-order valence-electron chi connectivity index (χ1n) is 6.82. The molecule has 1 aromatic heterocycles. The van der Waals surface area contributed by atoms with Crippen LogP contribution in [0.3, 0.4) is 0 Å². The molecule has 1 aromatic rings. The standard InChI is InChI=1S/C14H18N6/c1-3-13(10-16)19-4-6-20(7-5-19)14-17-11(2)8-12(9-15)18-14/h8,13H,3-7H2,1-2H3. The van der Waals surface area contributed by atoms with Gasteiger partial charge in [-0.15, -0.1) is 0 Å². The van der Waals surface area contributed by atoms with Gasteiger partial charge in [0.1, 0.15) is 11.8 Å². The van der Waals surface area contributed by atoms with Crippen molar-refractivity contribution in [1.82, 2.24) is 14.9 Å². The van der Waals surface area contributed by atoms with Crippen LogP contribution in [0.5, 0.6) is 0 Å². The molecule has 0 aliphatic carbocycles. The summed E-state index contributed by atoms with van der Waals surface area (Å²) in [6.45, 7) is 7.11. The number of nitriles is 2. The molecular formula is C14H18N6. The quantitative estimate of drug-likeness (QED) is 0.817. The molecule has 2 heterocycles. The van der Waals surface area contributed by atoms with E-state index in [0.29, 0.717) is 11.6 Å². The highest BCUT2D eigenvalue weighted by Gasteiger charge is 2.24. The van der Waals surface area contributed by atoms with Gasteiger partial charge in [-0.25, -0.2) is 9.97 Å². The second kappa shape index (κ2) is 6.31. The van der Waals surface area contributed by atoms with Crippen molar-refractivity contribution in [2.75, 3.05) is 31.1 Å². The summed E-state index contributed by atoms with van der Waals surface area (Å²) in [5.74, 6) is 0.617. The van der Waals surface area contributed by atoms with E-state index in [1.807, 2.05) is 13.8 Å². The summed E-state index contributed by atoms with van der Waals surface area (Å²) in [6, 6.07) is 6.07. The van der Waals surface area contributed by atoms with Gasteiger partial charge in [-0.05, 0) is 19.4 Å². The minimum atomic E-state index is -0.00903. The molecule has 6 nitrogen and oxygen atoms in total. The smallest absolute Gasteiger partial charge is 0.226 e. The summed E-state index contributed by atoms with van der Waals surface area (Å²) >= 11 is 0. The molecule has 20 heavy (non-hydrogen) atoms. The minimum Gasteiger partial charge on any atom is -0.338 e. The molecular weight excluding hydrogens is 252 g/mol. The molecule has 0 bridgehead atoms. The zero-order valence-corrected chi connectivity index (χ0v) is 11.9. The molecule has 6 heteroatoms. The third-order valence-electron chi connectivity index (χ3n) is 3.53. The summed E-state index contributed by atoms with van der Waals surface area (Å²) in [5.41, 5.74) is 1.20. The van der Waals surface area contributed by atoms with Crippen LogP contribution in [0.4, 0.5) is 5.95 Å². The van der Waals surface area contributed by atoms with Gasteiger partial charge >= 0.3 is 0 Å². The summed E-state index contributed by atoms with van der Waals surface area (Å²) < 4.78 is 0. The van der Waals surface area contributed by atoms with Crippen LogP contribution in [0.2, 0.25) is 0 Å². The van der Waals surface area contributed by atoms with E-state index in [2.05, 4.69) is 31.9 Å². The highest BCUT2D eigenvalue weighted by molar-refractivity contribution is 5.36. The molecule has 0 amide bonds. The molecule has 104 valence electrons. The largest absolute Gasteiger partial charge is 0.338 e. The zero-order valence-electron chi connectivity index (χ0n) is 11.9. The van der Waals surface area contributed by atoms with E-state index < -0.39 is 0 Å². The second-order valence-electron chi connectivity index (χ2n) is 4.88. The number of aromatic nitrogens is 2. The van der Waals surface area contributed by atoms with E-state index >= 15 is 0 Å². The number of rotatable bonds is 3. The van der Waals surface area contributed by atoms with Gasteiger partial charge in [0, 0.05) is 31.9 Å². The topological polar surface area (TPSA) is 79.8 Å². The Morgan fingerprint density at radius 2 is 1.95 bits per heavy atom. The fourth-order valence-electron chi connectivity index (χ4n) is 2.42. The Hall–Kier alpha value is -2.18. The Morgan fingerprint density at radius 1 is 1.25 bits per heavy atom.